The molecular weight excluding hydrogens is 285 g/mol. The minimum Gasteiger partial charge on any atom is -0.508 e. The number of ether oxygens (including phenoxy) is 1. The highest BCUT2D eigenvalue weighted by molar-refractivity contribution is 6.33. The number of benzene rings is 2. The first kappa shape index (κ1) is 13.8. The largest absolute Gasteiger partial charge is 0.508 e. The summed E-state index contributed by atoms with van der Waals surface area (Å²) in [7, 11) is 1.59. The van der Waals surface area contributed by atoms with Gasteiger partial charge in [0, 0.05) is 23.2 Å². The molecule has 0 bridgehead atoms. The van der Waals surface area contributed by atoms with E-state index in [1.165, 1.54) is 0 Å². The van der Waals surface area contributed by atoms with E-state index in [-0.39, 0.29) is 5.75 Å². The van der Waals surface area contributed by atoms with Gasteiger partial charge in [0.1, 0.15) is 11.5 Å². The van der Waals surface area contributed by atoms with Crippen LogP contribution in [-0.4, -0.2) is 12.2 Å². The van der Waals surface area contributed by atoms with Crippen molar-refractivity contribution in [3.63, 3.8) is 0 Å². The fourth-order valence-electron chi connectivity index (χ4n) is 1.65. The number of phenols is 1. The van der Waals surface area contributed by atoms with Gasteiger partial charge in [-0.1, -0.05) is 23.2 Å². The van der Waals surface area contributed by atoms with E-state index in [1.807, 2.05) is 0 Å². The maximum absolute atomic E-state index is 9.73. The van der Waals surface area contributed by atoms with Crippen LogP contribution < -0.4 is 10.1 Å². The van der Waals surface area contributed by atoms with E-state index >= 15 is 0 Å². The summed E-state index contributed by atoms with van der Waals surface area (Å²) in [6.07, 6.45) is 0. The third kappa shape index (κ3) is 3.46. The monoisotopic (exact) mass is 297 g/mol. The van der Waals surface area contributed by atoms with E-state index in [9.17, 15) is 5.11 Å². The lowest BCUT2D eigenvalue weighted by Gasteiger charge is -2.11. The molecule has 2 rings (SSSR count). The molecule has 19 heavy (non-hydrogen) atoms. The van der Waals surface area contributed by atoms with Gasteiger partial charge in [-0.3, -0.25) is 0 Å². The lowest BCUT2D eigenvalue weighted by Crippen LogP contribution is -2.00. The standard InChI is InChI=1S/C14H13Cl2NO2/c1-19-11-3-4-12(16)13(7-11)17-8-9-6-10(15)2-5-14(9)18/h2-7,17-18H,8H2,1H3. The van der Waals surface area contributed by atoms with Gasteiger partial charge in [-0.25, -0.2) is 0 Å². The van der Waals surface area contributed by atoms with E-state index in [1.54, 1.807) is 43.5 Å². The van der Waals surface area contributed by atoms with Crippen molar-refractivity contribution in [2.75, 3.05) is 12.4 Å². The Morgan fingerprint density at radius 1 is 1.16 bits per heavy atom. The fraction of sp³-hybridized carbons (Fsp3) is 0.143. The van der Waals surface area contributed by atoms with Crippen LogP contribution in [-0.2, 0) is 6.54 Å². The molecule has 0 spiro atoms. The smallest absolute Gasteiger partial charge is 0.121 e. The van der Waals surface area contributed by atoms with Crippen molar-refractivity contribution < 1.29 is 9.84 Å². The average Bonchev–Trinajstić information content (AvgIpc) is 2.41. The molecule has 0 aromatic heterocycles. The molecule has 0 saturated heterocycles. The Balaban J connectivity index is 2.16. The molecule has 0 saturated carbocycles. The van der Waals surface area contributed by atoms with Crippen molar-refractivity contribution >= 4 is 28.9 Å². The zero-order chi connectivity index (χ0) is 13.8. The number of halogens is 2. The molecule has 0 aliphatic heterocycles. The maximum Gasteiger partial charge on any atom is 0.121 e. The van der Waals surface area contributed by atoms with Crippen LogP contribution in [0.5, 0.6) is 11.5 Å². The van der Waals surface area contributed by atoms with Crippen LogP contribution in [0.15, 0.2) is 36.4 Å². The molecule has 2 aromatic carbocycles. The second-order valence-electron chi connectivity index (χ2n) is 3.97. The lowest BCUT2D eigenvalue weighted by molar-refractivity contribution is 0.415. The number of phenolic OH excluding ortho intramolecular Hbond substituents is 1. The van der Waals surface area contributed by atoms with E-state index in [4.69, 9.17) is 27.9 Å². The SMILES string of the molecule is COc1ccc(Cl)c(NCc2cc(Cl)ccc2O)c1. The fourth-order valence-corrected chi connectivity index (χ4v) is 2.03. The van der Waals surface area contributed by atoms with E-state index < -0.39 is 0 Å². The first-order valence-electron chi connectivity index (χ1n) is 5.65. The van der Waals surface area contributed by atoms with Gasteiger partial charge in [-0.2, -0.15) is 0 Å². The minimum atomic E-state index is 0.191. The molecule has 0 aliphatic rings. The van der Waals surface area contributed by atoms with Crippen molar-refractivity contribution in [3.8, 4) is 11.5 Å². The highest BCUT2D eigenvalue weighted by Gasteiger charge is 2.05. The predicted molar refractivity (Wildman–Crippen MR) is 78.4 cm³/mol. The lowest BCUT2D eigenvalue weighted by atomic mass is 10.2. The summed E-state index contributed by atoms with van der Waals surface area (Å²) < 4.78 is 5.14. The topological polar surface area (TPSA) is 41.5 Å². The molecule has 3 nitrogen and oxygen atoms in total. The van der Waals surface area contributed by atoms with Crippen molar-refractivity contribution in [1.82, 2.24) is 0 Å². The van der Waals surface area contributed by atoms with Crippen molar-refractivity contribution in [1.29, 1.82) is 0 Å². The van der Waals surface area contributed by atoms with Crippen LogP contribution in [0.2, 0.25) is 10.0 Å². The zero-order valence-electron chi connectivity index (χ0n) is 10.3. The van der Waals surface area contributed by atoms with Gasteiger partial charge < -0.3 is 15.2 Å². The van der Waals surface area contributed by atoms with Crippen LogP contribution in [0.25, 0.3) is 0 Å². The number of anilines is 1. The molecule has 100 valence electrons. The van der Waals surface area contributed by atoms with Crippen LogP contribution in [0.1, 0.15) is 5.56 Å². The third-order valence-electron chi connectivity index (χ3n) is 2.68. The molecule has 5 heteroatoms. The number of hydrogen-bond acceptors (Lipinski definition) is 3. The molecule has 2 aromatic rings. The molecule has 2 N–H and O–H groups in total. The predicted octanol–water partition coefficient (Wildman–Crippen LogP) is 4.32. The molecule has 0 fully saturated rings. The number of rotatable bonds is 4. The summed E-state index contributed by atoms with van der Waals surface area (Å²) in [5.41, 5.74) is 1.44. The van der Waals surface area contributed by atoms with Crippen molar-refractivity contribution in [2.45, 2.75) is 6.54 Å². The first-order chi connectivity index (χ1) is 9.10. The Labute approximate surface area is 121 Å². The van der Waals surface area contributed by atoms with Gasteiger partial charge >= 0.3 is 0 Å². The molecule has 0 aliphatic carbocycles. The number of hydrogen-bond donors (Lipinski definition) is 2. The zero-order valence-corrected chi connectivity index (χ0v) is 11.8. The Kier molecular flexibility index (Phi) is 4.40. The minimum absolute atomic E-state index is 0.191. The van der Waals surface area contributed by atoms with E-state index in [0.717, 1.165) is 5.69 Å². The summed E-state index contributed by atoms with van der Waals surface area (Å²) in [5, 5.41) is 14.0. The highest BCUT2D eigenvalue weighted by Crippen LogP contribution is 2.28. The summed E-state index contributed by atoms with van der Waals surface area (Å²) >= 11 is 12.0. The quantitative estimate of drug-likeness (QED) is 0.883. The normalized spacial score (nSPS) is 10.3. The Hall–Kier alpha value is -1.58. The molecule has 0 amide bonds. The Morgan fingerprint density at radius 2 is 1.95 bits per heavy atom. The molecule has 0 heterocycles. The van der Waals surface area contributed by atoms with Crippen LogP contribution >= 0.6 is 23.2 Å². The van der Waals surface area contributed by atoms with Crippen LogP contribution in [0.3, 0.4) is 0 Å². The highest BCUT2D eigenvalue weighted by atomic mass is 35.5. The first-order valence-corrected chi connectivity index (χ1v) is 6.40. The summed E-state index contributed by atoms with van der Waals surface area (Å²) in [4.78, 5) is 0. The van der Waals surface area contributed by atoms with Gasteiger partial charge in [-0.15, -0.1) is 0 Å². The molecular formula is C14H13Cl2NO2. The van der Waals surface area contributed by atoms with Crippen molar-refractivity contribution in [2.24, 2.45) is 0 Å². The molecule has 0 radical (unpaired) electrons. The van der Waals surface area contributed by atoms with E-state index in [2.05, 4.69) is 5.32 Å². The summed E-state index contributed by atoms with van der Waals surface area (Å²) in [6, 6.07) is 10.2. The number of methoxy groups -OCH3 is 1. The van der Waals surface area contributed by atoms with Gasteiger partial charge in [0.2, 0.25) is 0 Å². The van der Waals surface area contributed by atoms with E-state index in [0.29, 0.717) is 27.9 Å². The average molecular weight is 298 g/mol. The number of nitrogens with one attached hydrogen (secondary N) is 1. The van der Waals surface area contributed by atoms with Gasteiger partial charge in [0.25, 0.3) is 0 Å². The third-order valence-corrected chi connectivity index (χ3v) is 3.25. The second kappa shape index (κ2) is 6.04. The van der Waals surface area contributed by atoms with Crippen LogP contribution in [0, 0.1) is 0 Å². The Bertz CT molecular complexity index is 588. The summed E-state index contributed by atoms with van der Waals surface area (Å²) in [5.74, 6) is 0.901. The maximum atomic E-state index is 9.73. The summed E-state index contributed by atoms with van der Waals surface area (Å²) in [6.45, 7) is 0.416. The molecule has 0 atom stereocenters. The van der Waals surface area contributed by atoms with Crippen LogP contribution in [0.4, 0.5) is 5.69 Å². The van der Waals surface area contributed by atoms with Crippen molar-refractivity contribution in [3.05, 3.63) is 52.0 Å². The van der Waals surface area contributed by atoms with Gasteiger partial charge in [0.15, 0.2) is 0 Å². The second-order valence-corrected chi connectivity index (χ2v) is 4.82. The number of aromatic hydroxyl groups is 1. The molecule has 0 unspecified atom stereocenters. The van der Waals surface area contributed by atoms with Gasteiger partial charge in [0.05, 0.1) is 17.8 Å². The Morgan fingerprint density at radius 3 is 2.68 bits per heavy atom. The van der Waals surface area contributed by atoms with Gasteiger partial charge in [-0.05, 0) is 30.3 Å².